The summed E-state index contributed by atoms with van der Waals surface area (Å²) in [4.78, 5) is 11.6. The summed E-state index contributed by atoms with van der Waals surface area (Å²) in [6.45, 7) is 0. The Kier molecular flexibility index (Phi) is 3.48. The third-order valence-electron chi connectivity index (χ3n) is 1.25. The van der Waals surface area contributed by atoms with Crippen LogP contribution in [0.3, 0.4) is 0 Å². The number of hydrogen-bond acceptors (Lipinski definition) is 2. The van der Waals surface area contributed by atoms with Crippen LogP contribution in [0.5, 0.6) is 0 Å². The molecule has 0 aliphatic carbocycles. The molecule has 0 unspecified atom stereocenters. The van der Waals surface area contributed by atoms with E-state index in [1.807, 2.05) is 0 Å². The van der Waals surface area contributed by atoms with Crippen molar-refractivity contribution < 1.29 is 51.4 Å². The largest absolute Gasteiger partial charge is 1.00 e. The summed E-state index contributed by atoms with van der Waals surface area (Å²) < 4.78 is 0. The van der Waals surface area contributed by atoms with Gasteiger partial charge in [0.1, 0.15) is 5.15 Å². The molecule has 2 rings (SSSR count). The average molecular weight is 192 g/mol. The summed E-state index contributed by atoms with van der Waals surface area (Å²) >= 11 is 5.71. The van der Waals surface area contributed by atoms with E-state index in [0.29, 0.717) is 10.8 Å². The fraction of sp³-hybridized carbons (Fsp3) is 0. The van der Waals surface area contributed by atoms with Crippen molar-refractivity contribution in [2.24, 2.45) is 0 Å². The molecule has 0 aliphatic heterocycles. The van der Waals surface area contributed by atoms with E-state index in [0.717, 1.165) is 5.39 Å². The zero-order chi connectivity index (χ0) is 6.97. The molecule has 0 N–H and O–H groups in total. The average Bonchev–Trinajstić information content (AvgIpc) is 2.36. The fourth-order valence-electron chi connectivity index (χ4n) is 0.794. The Labute approximate surface area is 111 Å². The Morgan fingerprint density at radius 2 is 2.18 bits per heavy atom. The van der Waals surface area contributed by atoms with Gasteiger partial charge in [-0.2, -0.15) is 0 Å². The molecule has 0 bridgehead atoms. The molecule has 3 nitrogen and oxygen atoms in total. The Bertz CT molecular complexity index is 359. The maximum atomic E-state index is 5.71. The molecular formula is C6H3ClKN3. The SMILES string of the molecule is Clc1ncnc2[n-]ccc12.[K+]. The maximum absolute atomic E-state index is 5.71. The normalized spacial score (nSPS) is 9.55. The second-order valence-electron chi connectivity index (χ2n) is 1.85. The van der Waals surface area contributed by atoms with Crippen molar-refractivity contribution in [2.45, 2.75) is 0 Å². The Morgan fingerprint density at radius 1 is 1.36 bits per heavy atom. The van der Waals surface area contributed by atoms with Crippen molar-refractivity contribution in [1.29, 1.82) is 0 Å². The van der Waals surface area contributed by atoms with Gasteiger partial charge in [0.15, 0.2) is 0 Å². The van der Waals surface area contributed by atoms with Crippen LogP contribution < -0.4 is 56.4 Å². The molecule has 50 valence electrons. The fourth-order valence-corrected chi connectivity index (χ4v) is 0.985. The van der Waals surface area contributed by atoms with Crippen molar-refractivity contribution in [3.05, 3.63) is 23.7 Å². The molecule has 0 spiro atoms. The van der Waals surface area contributed by atoms with Crippen molar-refractivity contribution in [2.75, 3.05) is 0 Å². The van der Waals surface area contributed by atoms with Crippen LogP contribution in [0.25, 0.3) is 11.0 Å². The standard InChI is InChI=1S/C6H3ClN3.K/c7-5-4-1-2-8-6(4)10-3-9-5;/h1-3H;/q-1;+1. The van der Waals surface area contributed by atoms with Crippen LogP contribution >= 0.6 is 11.6 Å². The molecule has 0 aliphatic rings. The minimum Gasteiger partial charge on any atom is -0.442 e. The minimum atomic E-state index is 0. The Morgan fingerprint density at radius 3 is 2.91 bits per heavy atom. The molecule has 0 saturated heterocycles. The molecule has 5 heteroatoms. The Hall–Kier alpha value is 0.546. The predicted molar refractivity (Wildman–Crippen MR) is 37.9 cm³/mol. The van der Waals surface area contributed by atoms with Gasteiger partial charge in [0, 0.05) is 11.7 Å². The second kappa shape index (κ2) is 3.98. The van der Waals surface area contributed by atoms with Gasteiger partial charge in [0.2, 0.25) is 0 Å². The smallest absolute Gasteiger partial charge is 0.442 e. The van der Waals surface area contributed by atoms with Crippen LogP contribution in [-0.2, 0) is 0 Å². The third kappa shape index (κ3) is 1.82. The van der Waals surface area contributed by atoms with E-state index in [1.165, 1.54) is 6.33 Å². The summed E-state index contributed by atoms with van der Waals surface area (Å²) in [7, 11) is 0. The monoisotopic (exact) mass is 191 g/mol. The number of aromatic nitrogens is 3. The van der Waals surface area contributed by atoms with Crippen LogP contribution in [0.2, 0.25) is 5.15 Å². The first kappa shape index (κ1) is 9.63. The predicted octanol–water partition coefficient (Wildman–Crippen LogP) is -1.76. The van der Waals surface area contributed by atoms with Gasteiger partial charge in [-0.3, -0.25) is 0 Å². The molecule has 0 atom stereocenters. The van der Waals surface area contributed by atoms with Crippen LogP contribution in [-0.4, -0.2) is 9.97 Å². The molecule has 0 radical (unpaired) electrons. The van der Waals surface area contributed by atoms with Gasteiger partial charge in [-0.05, 0) is 5.65 Å². The molecule has 0 aromatic carbocycles. The molecule has 2 heterocycles. The van der Waals surface area contributed by atoms with Crippen molar-refractivity contribution in [1.82, 2.24) is 15.0 Å². The van der Waals surface area contributed by atoms with Gasteiger partial charge in [-0.1, -0.05) is 23.9 Å². The summed E-state index contributed by atoms with van der Waals surface area (Å²) in [5.41, 5.74) is 0.653. The van der Waals surface area contributed by atoms with E-state index in [4.69, 9.17) is 11.6 Å². The molecule has 2 aromatic rings. The van der Waals surface area contributed by atoms with Crippen LogP contribution in [0.15, 0.2) is 18.6 Å². The van der Waals surface area contributed by atoms with Gasteiger partial charge in [-0.25, -0.2) is 4.98 Å². The molecule has 0 saturated carbocycles. The van der Waals surface area contributed by atoms with E-state index < -0.39 is 0 Å². The number of nitrogens with zero attached hydrogens (tertiary/aromatic N) is 3. The number of fused-ring (bicyclic) bond motifs is 1. The van der Waals surface area contributed by atoms with Crippen molar-refractivity contribution >= 4 is 22.6 Å². The number of rotatable bonds is 0. The first-order valence-electron chi connectivity index (χ1n) is 2.76. The van der Waals surface area contributed by atoms with E-state index >= 15 is 0 Å². The second-order valence-corrected chi connectivity index (χ2v) is 2.20. The van der Waals surface area contributed by atoms with Crippen LogP contribution in [0.4, 0.5) is 0 Å². The van der Waals surface area contributed by atoms with E-state index in [1.54, 1.807) is 12.3 Å². The van der Waals surface area contributed by atoms with E-state index in [-0.39, 0.29) is 51.4 Å². The first-order valence-corrected chi connectivity index (χ1v) is 3.13. The summed E-state index contributed by atoms with van der Waals surface area (Å²) in [6.07, 6.45) is 3.06. The summed E-state index contributed by atoms with van der Waals surface area (Å²) in [6, 6.07) is 1.79. The van der Waals surface area contributed by atoms with Crippen molar-refractivity contribution in [3.63, 3.8) is 0 Å². The molecule has 0 fully saturated rings. The van der Waals surface area contributed by atoms with Gasteiger partial charge < -0.3 is 9.97 Å². The molecular weight excluding hydrogens is 189 g/mol. The molecule has 11 heavy (non-hydrogen) atoms. The molecule has 0 amide bonds. The first-order chi connectivity index (χ1) is 4.88. The molecule has 2 aromatic heterocycles. The van der Waals surface area contributed by atoms with Crippen molar-refractivity contribution in [3.8, 4) is 0 Å². The number of hydrogen-bond donors (Lipinski definition) is 0. The minimum absolute atomic E-state index is 0. The third-order valence-corrected chi connectivity index (χ3v) is 1.55. The number of halogens is 1. The quantitative estimate of drug-likeness (QED) is 0.366. The zero-order valence-electron chi connectivity index (χ0n) is 5.95. The van der Waals surface area contributed by atoms with Gasteiger partial charge in [0.25, 0.3) is 0 Å². The summed E-state index contributed by atoms with van der Waals surface area (Å²) in [5.74, 6) is 0. The van der Waals surface area contributed by atoms with Crippen LogP contribution in [0, 0.1) is 0 Å². The topological polar surface area (TPSA) is 39.9 Å². The maximum Gasteiger partial charge on any atom is 1.00 e. The van der Waals surface area contributed by atoms with Gasteiger partial charge >= 0.3 is 51.4 Å². The van der Waals surface area contributed by atoms with Crippen LogP contribution in [0.1, 0.15) is 0 Å². The summed E-state index contributed by atoms with van der Waals surface area (Å²) in [5, 5.41) is 1.27. The van der Waals surface area contributed by atoms with E-state index in [2.05, 4.69) is 15.0 Å². The van der Waals surface area contributed by atoms with Gasteiger partial charge in [-0.15, -0.1) is 0 Å². The van der Waals surface area contributed by atoms with Gasteiger partial charge in [0.05, 0.1) is 0 Å². The zero-order valence-corrected chi connectivity index (χ0v) is 9.83. The Balaban J connectivity index is 0.000000605. The van der Waals surface area contributed by atoms with E-state index in [9.17, 15) is 0 Å².